The quantitative estimate of drug-likeness (QED) is 0.0228. The minimum atomic E-state index is -1.93. The van der Waals surface area contributed by atoms with Crippen molar-refractivity contribution in [1.29, 1.82) is 0 Å². The molecule has 1 fully saturated rings. The van der Waals surface area contributed by atoms with Gasteiger partial charge in [-0.25, -0.2) is 4.79 Å². The molecule has 1 rings (SSSR count). The van der Waals surface area contributed by atoms with Crippen LogP contribution < -0.4 is 0 Å². The van der Waals surface area contributed by atoms with Crippen molar-refractivity contribution >= 4 is 23.9 Å². The Morgan fingerprint density at radius 3 is 1.26 bits per heavy atom. The van der Waals surface area contributed by atoms with Gasteiger partial charge in [0.05, 0.1) is 13.0 Å². The van der Waals surface area contributed by atoms with Gasteiger partial charge in [0, 0.05) is 12.8 Å². The fraction of sp³-hybridized carbons (Fsp3) is 0.652. The summed E-state index contributed by atoms with van der Waals surface area (Å²) in [4.78, 5) is 51.2. The molecule has 0 aromatic heterocycles. The molecule has 12 heteroatoms. The topological polar surface area (TPSA) is 175 Å². The van der Waals surface area contributed by atoms with Gasteiger partial charge in [0.2, 0.25) is 0 Å². The van der Waals surface area contributed by atoms with Crippen LogP contribution in [0.25, 0.3) is 0 Å². The maximum absolute atomic E-state index is 13.1. The predicted octanol–water partition coefficient (Wildman–Crippen LogP) is 16.8. The monoisotopic (exact) mass is 1130 g/mol. The van der Waals surface area contributed by atoms with Gasteiger partial charge < -0.3 is 39.0 Å². The summed E-state index contributed by atoms with van der Waals surface area (Å²) in [5, 5.41) is 31.6. The zero-order valence-electron chi connectivity index (χ0n) is 50.5. The van der Waals surface area contributed by atoms with E-state index in [9.17, 15) is 34.5 Å². The van der Waals surface area contributed by atoms with Crippen LogP contribution in [-0.4, -0.2) is 89.2 Å². The largest absolute Gasteiger partial charge is 0.479 e. The third-order valence-corrected chi connectivity index (χ3v) is 13.5. The Hall–Kier alpha value is -4.88. The number of aliphatic hydroxyl groups is 2. The van der Waals surface area contributed by atoms with Gasteiger partial charge in [0.25, 0.3) is 0 Å². The van der Waals surface area contributed by atoms with Crippen molar-refractivity contribution in [3.05, 3.63) is 122 Å². The average Bonchev–Trinajstić information content (AvgIpc) is 3.52. The second kappa shape index (κ2) is 55.6. The van der Waals surface area contributed by atoms with Crippen LogP contribution in [0.15, 0.2) is 122 Å². The number of hydrogen-bond acceptors (Lipinski definition) is 11. The van der Waals surface area contributed by atoms with Gasteiger partial charge in [0.1, 0.15) is 18.8 Å². The van der Waals surface area contributed by atoms with Gasteiger partial charge in [-0.05, 0) is 109 Å². The lowest BCUT2D eigenvalue weighted by molar-refractivity contribution is -0.301. The first-order valence-corrected chi connectivity index (χ1v) is 31.5. The second-order valence-corrected chi connectivity index (χ2v) is 20.9. The molecule has 0 amide bonds. The van der Waals surface area contributed by atoms with Crippen LogP contribution in [0.4, 0.5) is 0 Å². The summed E-state index contributed by atoms with van der Waals surface area (Å²) >= 11 is 0. The molecule has 458 valence electrons. The van der Waals surface area contributed by atoms with E-state index in [1.165, 1.54) is 70.6 Å². The number of aliphatic carboxylic acids is 1. The van der Waals surface area contributed by atoms with Crippen LogP contribution in [0.1, 0.15) is 239 Å². The molecule has 0 aromatic carbocycles. The van der Waals surface area contributed by atoms with Gasteiger partial charge in [0.15, 0.2) is 24.6 Å². The number of carboxylic acid groups (broad SMARTS) is 1. The zero-order chi connectivity index (χ0) is 58.9. The fourth-order valence-corrected chi connectivity index (χ4v) is 8.78. The molecule has 0 bridgehead atoms. The highest BCUT2D eigenvalue weighted by Gasteiger charge is 2.50. The number of carboxylic acids is 1. The molecule has 1 saturated heterocycles. The summed E-state index contributed by atoms with van der Waals surface area (Å²) in [6.07, 6.45) is 64.7. The third kappa shape index (κ3) is 45.3. The molecule has 6 unspecified atom stereocenters. The van der Waals surface area contributed by atoms with Crippen molar-refractivity contribution in [1.82, 2.24) is 0 Å². The molecule has 0 saturated carbocycles. The third-order valence-electron chi connectivity index (χ3n) is 13.5. The number of carbonyl (C=O) groups excluding carboxylic acids is 3. The van der Waals surface area contributed by atoms with E-state index in [1.54, 1.807) is 6.08 Å². The SMILES string of the molecule is CC/C=C\C/C=C\C/C=C\C/C=C\C/C=C\CC(=O)OC(COC(=O)CCCCCC/C=C\C/C=C\C/C=C\C/C=C\CC)COC1OC(C(=O)O)C(O)C(O)C1OC(=O)CCCCCCCCCCC/C=C\CCCCCCCC. The van der Waals surface area contributed by atoms with Crippen molar-refractivity contribution in [2.75, 3.05) is 13.2 Å². The van der Waals surface area contributed by atoms with E-state index >= 15 is 0 Å². The van der Waals surface area contributed by atoms with Gasteiger partial charge in [-0.15, -0.1) is 0 Å². The molecule has 3 N–H and O–H groups in total. The van der Waals surface area contributed by atoms with Crippen LogP contribution in [-0.2, 0) is 42.9 Å². The molecule has 0 aliphatic carbocycles. The van der Waals surface area contributed by atoms with Crippen LogP contribution in [0.5, 0.6) is 0 Å². The van der Waals surface area contributed by atoms with E-state index in [0.29, 0.717) is 19.3 Å². The number of unbranched alkanes of at least 4 members (excludes halogenated alkanes) is 19. The zero-order valence-corrected chi connectivity index (χ0v) is 50.5. The standard InChI is InChI=1S/C69H110O12/c1-4-7-10-13-16-19-22-25-28-30-31-33-36-39-42-45-48-51-54-57-63(72)80-67-65(74)64(73)66(68(75)76)81-69(67)78-59-60(79-62(71)56-53-50-47-44-41-38-34-27-24-21-18-15-12-9-6-3)58-77-61(70)55-52-49-46-43-40-37-35-32-29-26-23-20-17-14-11-8-5-2/h8-9,11-12,17-18,20-21,25-29,34-35,37,41,44,50,53,60,64-67,69,73-74H,4-7,10,13-16,19,22-24,30-33,36,38-40,42-43,45-49,51-52,54-59H2,1-3H3,(H,75,76)/b11-8-,12-9-,20-17-,21-18-,28-25-,29-26-,34-27-,37-35-,44-41-,53-50-. The molecule has 1 heterocycles. The summed E-state index contributed by atoms with van der Waals surface area (Å²) < 4.78 is 28.3. The number of hydrogen-bond donors (Lipinski definition) is 3. The van der Waals surface area contributed by atoms with E-state index in [1.807, 2.05) is 18.2 Å². The van der Waals surface area contributed by atoms with Gasteiger partial charge in [-0.3, -0.25) is 14.4 Å². The number of esters is 3. The summed E-state index contributed by atoms with van der Waals surface area (Å²) in [6.45, 7) is 5.66. The second-order valence-electron chi connectivity index (χ2n) is 20.9. The first-order chi connectivity index (χ1) is 39.6. The predicted molar refractivity (Wildman–Crippen MR) is 330 cm³/mol. The van der Waals surface area contributed by atoms with Crippen molar-refractivity contribution in [3.8, 4) is 0 Å². The fourth-order valence-electron chi connectivity index (χ4n) is 8.78. The van der Waals surface area contributed by atoms with Crippen molar-refractivity contribution in [2.45, 2.75) is 276 Å². The van der Waals surface area contributed by atoms with Crippen LogP contribution >= 0.6 is 0 Å². The molecule has 12 nitrogen and oxygen atoms in total. The Morgan fingerprint density at radius 2 is 0.815 bits per heavy atom. The molecule has 1 aliphatic rings. The number of rotatable bonds is 52. The Bertz CT molecular complexity index is 1870. The summed E-state index contributed by atoms with van der Waals surface area (Å²) in [5.74, 6) is -3.33. The molecular weight excluding hydrogens is 1020 g/mol. The molecule has 1 aliphatic heterocycles. The highest BCUT2D eigenvalue weighted by atomic mass is 16.7. The van der Waals surface area contributed by atoms with E-state index in [0.717, 1.165) is 109 Å². The molecular formula is C69H110O12. The number of ether oxygens (including phenoxy) is 5. The number of carbonyl (C=O) groups is 4. The van der Waals surface area contributed by atoms with Crippen molar-refractivity contribution < 1.29 is 58.2 Å². The number of allylic oxidation sites excluding steroid dienone is 19. The Labute approximate surface area is 490 Å². The summed E-state index contributed by atoms with van der Waals surface area (Å²) in [6, 6.07) is 0. The minimum Gasteiger partial charge on any atom is -0.479 e. The van der Waals surface area contributed by atoms with Crippen LogP contribution in [0.3, 0.4) is 0 Å². The van der Waals surface area contributed by atoms with Crippen molar-refractivity contribution in [3.63, 3.8) is 0 Å². The highest BCUT2D eigenvalue weighted by Crippen LogP contribution is 2.26. The van der Waals surface area contributed by atoms with Crippen LogP contribution in [0.2, 0.25) is 0 Å². The summed E-state index contributed by atoms with van der Waals surface area (Å²) in [5.41, 5.74) is 0. The molecule has 0 aromatic rings. The molecule has 0 radical (unpaired) electrons. The smallest absolute Gasteiger partial charge is 0.335 e. The first kappa shape index (κ1) is 74.1. The van der Waals surface area contributed by atoms with Crippen molar-refractivity contribution in [2.24, 2.45) is 0 Å². The summed E-state index contributed by atoms with van der Waals surface area (Å²) in [7, 11) is 0. The van der Waals surface area contributed by atoms with E-state index in [4.69, 9.17) is 23.7 Å². The Balaban J connectivity index is 2.73. The lowest BCUT2D eigenvalue weighted by atomic mass is 9.98. The average molecular weight is 1130 g/mol. The van der Waals surface area contributed by atoms with Gasteiger partial charge in [-0.2, -0.15) is 0 Å². The van der Waals surface area contributed by atoms with Gasteiger partial charge >= 0.3 is 23.9 Å². The van der Waals surface area contributed by atoms with E-state index < -0.39 is 67.3 Å². The maximum Gasteiger partial charge on any atom is 0.335 e. The lowest BCUT2D eigenvalue weighted by Crippen LogP contribution is -2.61. The van der Waals surface area contributed by atoms with Crippen LogP contribution in [0, 0.1) is 0 Å². The Morgan fingerprint density at radius 1 is 0.432 bits per heavy atom. The number of aliphatic hydroxyl groups excluding tert-OH is 2. The molecule has 0 spiro atoms. The molecule has 6 atom stereocenters. The van der Waals surface area contributed by atoms with Gasteiger partial charge in [-0.1, -0.05) is 232 Å². The minimum absolute atomic E-state index is 0.0397. The lowest BCUT2D eigenvalue weighted by Gasteiger charge is -2.40. The first-order valence-electron chi connectivity index (χ1n) is 31.5. The normalized spacial score (nSPS) is 18.6. The Kier molecular flexibility index (Phi) is 50.9. The van der Waals surface area contributed by atoms with E-state index in [-0.39, 0.29) is 25.9 Å². The van der Waals surface area contributed by atoms with E-state index in [2.05, 4.69) is 118 Å². The maximum atomic E-state index is 13.1. The highest BCUT2D eigenvalue weighted by molar-refractivity contribution is 5.74. The molecule has 81 heavy (non-hydrogen) atoms.